The molecule has 11 heteroatoms. The first-order valence-electron chi connectivity index (χ1n) is 9.61. The number of aryl methyl sites for hydroxylation is 1. The van der Waals surface area contributed by atoms with E-state index in [0.29, 0.717) is 25.6 Å². The Labute approximate surface area is 191 Å². The zero-order valence-electron chi connectivity index (χ0n) is 16.4. The summed E-state index contributed by atoms with van der Waals surface area (Å²) < 4.78 is 30.3. The van der Waals surface area contributed by atoms with Crippen molar-refractivity contribution < 1.29 is 13.2 Å². The maximum atomic E-state index is 13.2. The van der Waals surface area contributed by atoms with E-state index >= 15 is 0 Å². The molecule has 2 heterocycles. The van der Waals surface area contributed by atoms with E-state index in [0.717, 1.165) is 12.8 Å². The summed E-state index contributed by atoms with van der Waals surface area (Å²) in [6.45, 7) is 3.65. The number of likely N-dealkylation sites (tertiary alicyclic amines) is 1. The van der Waals surface area contributed by atoms with Crippen LogP contribution >= 0.6 is 34.8 Å². The van der Waals surface area contributed by atoms with Crippen LogP contribution in [0.3, 0.4) is 0 Å². The highest BCUT2D eigenvalue weighted by molar-refractivity contribution is 7.89. The number of benzene rings is 1. The van der Waals surface area contributed by atoms with Gasteiger partial charge < -0.3 is 9.47 Å². The van der Waals surface area contributed by atoms with E-state index in [9.17, 15) is 13.2 Å². The predicted octanol–water partition coefficient (Wildman–Crippen LogP) is 3.84. The standard InChI is InChI=1S/C19H23Cl3N4O3S/c1-13-5-9-25(10-6-13)18(27)16(7-11-26-12-8-23-19(26)22)24-30(28,29)17-14(20)3-2-4-15(17)21/h2-4,8,12-13,16,24H,5-7,9-11H2,1H3. The number of piperidine rings is 1. The maximum absolute atomic E-state index is 13.2. The van der Waals surface area contributed by atoms with Crippen LogP contribution < -0.4 is 4.72 Å². The molecule has 1 atom stereocenters. The van der Waals surface area contributed by atoms with Crippen molar-refractivity contribution in [2.45, 2.75) is 43.7 Å². The van der Waals surface area contributed by atoms with Gasteiger partial charge >= 0.3 is 0 Å². The lowest BCUT2D eigenvalue weighted by molar-refractivity contribution is -0.134. The van der Waals surface area contributed by atoms with Crippen molar-refractivity contribution in [3.63, 3.8) is 0 Å². The second-order valence-corrected chi connectivity index (χ2v) is 10.2. The third-order valence-corrected chi connectivity index (χ3v) is 7.94. The molecule has 1 fully saturated rings. The molecule has 0 bridgehead atoms. The van der Waals surface area contributed by atoms with Gasteiger partial charge in [0.2, 0.25) is 21.2 Å². The van der Waals surface area contributed by atoms with Crippen molar-refractivity contribution in [2.24, 2.45) is 5.92 Å². The Morgan fingerprint density at radius 3 is 2.43 bits per heavy atom. The summed E-state index contributed by atoms with van der Waals surface area (Å²) >= 11 is 18.2. The van der Waals surface area contributed by atoms with Gasteiger partial charge in [-0.25, -0.2) is 13.4 Å². The number of hydrogen-bond donors (Lipinski definition) is 1. The third kappa shape index (κ3) is 5.48. The fourth-order valence-corrected chi connectivity index (χ4v) is 5.98. The third-order valence-electron chi connectivity index (χ3n) is 5.20. The molecule has 1 amide bonds. The van der Waals surface area contributed by atoms with E-state index in [-0.39, 0.29) is 32.6 Å². The zero-order chi connectivity index (χ0) is 21.9. The minimum absolute atomic E-state index is 0.00866. The van der Waals surface area contributed by atoms with E-state index in [1.54, 1.807) is 27.9 Å². The van der Waals surface area contributed by atoms with Crippen molar-refractivity contribution in [3.8, 4) is 0 Å². The van der Waals surface area contributed by atoms with Crippen LogP contribution in [0.25, 0.3) is 0 Å². The first kappa shape index (κ1) is 23.3. The lowest BCUT2D eigenvalue weighted by Crippen LogP contribution is -2.51. The minimum Gasteiger partial charge on any atom is -0.341 e. The van der Waals surface area contributed by atoms with Gasteiger partial charge in [0.1, 0.15) is 10.9 Å². The van der Waals surface area contributed by atoms with Crippen LogP contribution in [0.4, 0.5) is 0 Å². The maximum Gasteiger partial charge on any atom is 0.244 e. The highest BCUT2D eigenvalue weighted by Crippen LogP contribution is 2.29. The molecule has 2 aromatic rings. The monoisotopic (exact) mass is 492 g/mol. The quantitative estimate of drug-likeness (QED) is 0.635. The molecule has 1 aromatic carbocycles. The number of hydrogen-bond acceptors (Lipinski definition) is 4. The van der Waals surface area contributed by atoms with Crippen molar-refractivity contribution in [1.29, 1.82) is 0 Å². The number of sulfonamides is 1. The van der Waals surface area contributed by atoms with Crippen molar-refractivity contribution in [3.05, 3.63) is 45.9 Å². The van der Waals surface area contributed by atoms with Crippen LogP contribution in [-0.2, 0) is 21.4 Å². The highest BCUT2D eigenvalue weighted by atomic mass is 35.5. The van der Waals surface area contributed by atoms with Crippen molar-refractivity contribution >= 4 is 50.7 Å². The van der Waals surface area contributed by atoms with E-state index in [4.69, 9.17) is 34.8 Å². The molecule has 0 spiro atoms. The summed E-state index contributed by atoms with van der Waals surface area (Å²) in [5.41, 5.74) is 0. The second-order valence-electron chi connectivity index (χ2n) is 7.41. The Morgan fingerprint density at radius 1 is 1.23 bits per heavy atom. The summed E-state index contributed by atoms with van der Waals surface area (Å²) in [6.07, 6.45) is 5.18. The summed E-state index contributed by atoms with van der Waals surface area (Å²) in [6, 6.07) is 3.45. The first-order valence-corrected chi connectivity index (χ1v) is 12.2. The highest BCUT2D eigenvalue weighted by Gasteiger charge is 2.32. The van der Waals surface area contributed by atoms with E-state index < -0.39 is 16.1 Å². The average Bonchev–Trinajstić information content (AvgIpc) is 3.09. The Kier molecular flexibility index (Phi) is 7.68. The van der Waals surface area contributed by atoms with E-state index in [1.165, 1.54) is 12.1 Å². The fraction of sp³-hybridized carbons (Fsp3) is 0.474. The molecule has 30 heavy (non-hydrogen) atoms. The smallest absolute Gasteiger partial charge is 0.244 e. The predicted molar refractivity (Wildman–Crippen MR) is 117 cm³/mol. The Morgan fingerprint density at radius 2 is 1.87 bits per heavy atom. The number of carbonyl (C=O) groups is 1. The molecule has 1 aromatic heterocycles. The molecule has 7 nitrogen and oxygen atoms in total. The van der Waals surface area contributed by atoms with Crippen LogP contribution in [0.2, 0.25) is 15.3 Å². The molecule has 0 saturated carbocycles. The van der Waals surface area contributed by atoms with Crippen LogP contribution in [0.5, 0.6) is 0 Å². The zero-order valence-corrected chi connectivity index (χ0v) is 19.5. The molecule has 1 aliphatic heterocycles. The molecule has 1 unspecified atom stereocenters. The molecule has 3 rings (SSSR count). The Hall–Kier alpha value is -1.32. The number of amides is 1. The molecule has 0 aliphatic carbocycles. The van der Waals surface area contributed by atoms with Gasteiger partial charge in [0.15, 0.2) is 0 Å². The molecule has 1 N–H and O–H groups in total. The first-order chi connectivity index (χ1) is 14.2. The minimum atomic E-state index is -4.14. The number of rotatable bonds is 7. The van der Waals surface area contributed by atoms with Crippen molar-refractivity contribution in [2.75, 3.05) is 13.1 Å². The topological polar surface area (TPSA) is 84.3 Å². The van der Waals surface area contributed by atoms with Crippen LogP contribution in [0.1, 0.15) is 26.2 Å². The molecule has 0 radical (unpaired) electrons. The lowest BCUT2D eigenvalue weighted by Gasteiger charge is -2.33. The SMILES string of the molecule is CC1CCN(C(=O)C(CCn2ccnc2Cl)NS(=O)(=O)c2c(Cl)cccc2Cl)CC1. The van der Waals surface area contributed by atoms with Crippen LogP contribution in [0, 0.1) is 5.92 Å². The van der Waals surface area contributed by atoms with Gasteiger partial charge in [-0.3, -0.25) is 4.79 Å². The summed E-state index contributed by atoms with van der Waals surface area (Å²) in [4.78, 5) is 18.6. The number of nitrogens with zero attached hydrogens (tertiary/aromatic N) is 3. The van der Waals surface area contributed by atoms with Gasteiger partial charge in [-0.05, 0) is 48.9 Å². The van der Waals surface area contributed by atoms with Gasteiger partial charge in [-0.1, -0.05) is 36.2 Å². The summed E-state index contributed by atoms with van der Waals surface area (Å²) in [5.74, 6) is 0.265. The molecule has 164 valence electrons. The van der Waals surface area contributed by atoms with E-state index in [1.807, 2.05) is 0 Å². The molecular weight excluding hydrogens is 471 g/mol. The molecular formula is C19H23Cl3N4O3S. The number of nitrogens with one attached hydrogen (secondary N) is 1. The fourth-order valence-electron chi connectivity index (χ4n) is 3.41. The van der Waals surface area contributed by atoms with Gasteiger partial charge in [-0.15, -0.1) is 0 Å². The molecule has 1 aliphatic rings. The number of halogens is 3. The Bertz CT molecular complexity index is 984. The lowest BCUT2D eigenvalue weighted by atomic mass is 9.98. The van der Waals surface area contributed by atoms with E-state index in [2.05, 4.69) is 16.6 Å². The normalized spacial score (nSPS) is 16.6. The number of aromatic nitrogens is 2. The Balaban J connectivity index is 1.84. The molecule has 1 saturated heterocycles. The van der Waals surface area contributed by atoms with Gasteiger partial charge in [0, 0.05) is 32.0 Å². The summed E-state index contributed by atoms with van der Waals surface area (Å²) in [7, 11) is -4.14. The number of imidazole rings is 1. The van der Waals surface area contributed by atoms with Gasteiger partial charge in [0.25, 0.3) is 0 Å². The van der Waals surface area contributed by atoms with Gasteiger partial charge in [0.05, 0.1) is 10.0 Å². The van der Waals surface area contributed by atoms with Crippen molar-refractivity contribution in [1.82, 2.24) is 19.2 Å². The van der Waals surface area contributed by atoms with Crippen LogP contribution in [0.15, 0.2) is 35.5 Å². The van der Waals surface area contributed by atoms with Crippen LogP contribution in [-0.4, -0.2) is 47.9 Å². The number of carbonyl (C=O) groups excluding carboxylic acids is 1. The largest absolute Gasteiger partial charge is 0.341 e. The summed E-state index contributed by atoms with van der Waals surface area (Å²) in [5, 5.41) is 0.251. The second kappa shape index (κ2) is 9.87. The average molecular weight is 494 g/mol. The van der Waals surface area contributed by atoms with Gasteiger partial charge in [-0.2, -0.15) is 4.72 Å².